The summed E-state index contributed by atoms with van der Waals surface area (Å²) in [6, 6.07) is 3.10. The molecule has 1 aromatic rings. The van der Waals surface area contributed by atoms with Gasteiger partial charge in [0.15, 0.2) is 0 Å². The van der Waals surface area contributed by atoms with Crippen molar-refractivity contribution in [2.75, 3.05) is 0 Å². The Morgan fingerprint density at radius 1 is 1.33 bits per heavy atom. The normalized spacial score (nSPS) is 12.7. The molecule has 1 aliphatic rings. The zero-order valence-electron chi connectivity index (χ0n) is 6.15. The highest BCUT2D eigenvalue weighted by Gasteiger charge is 2.06. The molecule has 0 aromatic carbocycles. The molecule has 4 heteroatoms. The number of fused-ring (bicyclic) bond motifs is 1. The van der Waals surface area contributed by atoms with Crippen LogP contribution < -0.4 is 5.63 Å². The van der Waals surface area contributed by atoms with Crippen molar-refractivity contribution in [3.63, 3.8) is 0 Å². The molecule has 0 aliphatic carbocycles. The third-order valence-corrected chi connectivity index (χ3v) is 1.50. The Morgan fingerprint density at radius 2 is 2.17 bits per heavy atom. The van der Waals surface area contributed by atoms with Crippen molar-refractivity contribution in [1.82, 2.24) is 0 Å². The number of ether oxygens (including phenoxy) is 1. The lowest BCUT2D eigenvalue weighted by atomic mass is 10.2. The van der Waals surface area contributed by atoms with Gasteiger partial charge in [0.25, 0.3) is 0 Å². The van der Waals surface area contributed by atoms with Crippen molar-refractivity contribution in [2.24, 2.45) is 0 Å². The summed E-state index contributed by atoms with van der Waals surface area (Å²) >= 11 is 0. The topological polar surface area (TPSA) is 39.4 Å². The second kappa shape index (κ2) is 3.45. The van der Waals surface area contributed by atoms with Crippen molar-refractivity contribution < 1.29 is 9.15 Å². The molecule has 0 N–H and O–H groups in total. The summed E-state index contributed by atoms with van der Waals surface area (Å²) < 4.78 is 9.87. The minimum atomic E-state index is -0.324. The minimum Gasteiger partial charge on any atom is -0.496 e. The largest absolute Gasteiger partial charge is 0.496 e. The predicted molar refractivity (Wildman–Crippen MR) is 46.0 cm³/mol. The van der Waals surface area contributed by atoms with Crippen LogP contribution >= 0.6 is 12.4 Å². The quantitative estimate of drug-likeness (QED) is 0.617. The lowest BCUT2D eigenvalue weighted by Crippen LogP contribution is -2.03. The van der Waals surface area contributed by atoms with Gasteiger partial charge in [-0.05, 0) is 6.07 Å². The summed E-state index contributed by atoms with van der Waals surface area (Å²) in [6.45, 7) is 0.482. The summed E-state index contributed by atoms with van der Waals surface area (Å²) in [4.78, 5) is 10.7. The summed E-state index contributed by atoms with van der Waals surface area (Å²) in [6.07, 6.45) is 3.16. The maximum Gasteiger partial charge on any atom is 0.336 e. The monoisotopic (exact) mass is 186 g/mol. The lowest BCUT2D eigenvalue weighted by Gasteiger charge is -2.07. The van der Waals surface area contributed by atoms with Crippen LogP contribution in [-0.2, 0) is 11.3 Å². The molecule has 0 radical (unpaired) electrons. The van der Waals surface area contributed by atoms with Gasteiger partial charge in [-0.25, -0.2) is 4.79 Å². The van der Waals surface area contributed by atoms with E-state index in [1.807, 2.05) is 0 Å². The standard InChI is InChI=1S/C8H6O3.ClH/c9-8-2-1-6-5-10-4-3-7(6)11-8;/h1-4H,5H2;1H. The maximum absolute atomic E-state index is 10.7. The molecule has 1 aliphatic heterocycles. The Labute approximate surface area is 75.1 Å². The Morgan fingerprint density at radius 3 is 3.00 bits per heavy atom. The number of hydrogen-bond donors (Lipinski definition) is 0. The second-order valence-electron chi connectivity index (χ2n) is 2.26. The third kappa shape index (κ3) is 1.51. The fraction of sp³-hybridized carbons (Fsp3) is 0.125. The summed E-state index contributed by atoms with van der Waals surface area (Å²) in [5.74, 6) is 0.601. The van der Waals surface area contributed by atoms with Crippen LogP contribution in [0.5, 0.6) is 0 Å². The molecule has 0 bridgehead atoms. The van der Waals surface area contributed by atoms with Crippen molar-refractivity contribution in [1.29, 1.82) is 0 Å². The van der Waals surface area contributed by atoms with Crippen LogP contribution in [0.3, 0.4) is 0 Å². The van der Waals surface area contributed by atoms with Gasteiger partial charge in [0.1, 0.15) is 12.4 Å². The molecule has 0 unspecified atom stereocenters. The van der Waals surface area contributed by atoms with Gasteiger partial charge in [0.05, 0.1) is 6.26 Å². The number of hydrogen-bond acceptors (Lipinski definition) is 3. The van der Waals surface area contributed by atoms with Gasteiger partial charge < -0.3 is 9.15 Å². The molecule has 12 heavy (non-hydrogen) atoms. The molecule has 0 saturated carbocycles. The molecule has 2 rings (SSSR count). The fourth-order valence-electron chi connectivity index (χ4n) is 0.967. The smallest absolute Gasteiger partial charge is 0.336 e. The van der Waals surface area contributed by atoms with E-state index in [0.29, 0.717) is 12.4 Å². The van der Waals surface area contributed by atoms with Gasteiger partial charge in [0.2, 0.25) is 0 Å². The van der Waals surface area contributed by atoms with Crippen molar-refractivity contribution >= 4 is 18.5 Å². The molecular weight excluding hydrogens is 180 g/mol. The van der Waals surface area contributed by atoms with Crippen LogP contribution in [0.25, 0.3) is 6.08 Å². The molecule has 0 saturated heterocycles. The van der Waals surface area contributed by atoms with Crippen LogP contribution in [0.2, 0.25) is 0 Å². The van der Waals surface area contributed by atoms with Gasteiger partial charge in [0, 0.05) is 17.7 Å². The van der Waals surface area contributed by atoms with Gasteiger partial charge in [-0.1, -0.05) is 0 Å². The first-order valence-electron chi connectivity index (χ1n) is 3.27. The minimum absolute atomic E-state index is 0. The molecular formula is C8H7ClO3. The zero-order valence-corrected chi connectivity index (χ0v) is 6.97. The highest BCUT2D eigenvalue weighted by Crippen LogP contribution is 2.14. The molecule has 0 spiro atoms. The van der Waals surface area contributed by atoms with Gasteiger partial charge >= 0.3 is 5.63 Å². The van der Waals surface area contributed by atoms with Gasteiger partial charge in [-0.15, -0.1) is 12.4 Å². The summed E-state index contributed by atoms with van der Waals surface area (Å²) in [5.41, 5.74) is 0.586. The zero-order chi connectivity index (χ0) is 7.68. The Bertz CT molecular complexity index is 354. The number of rotatable bonds is 0. The van der Waals surface area contributed by atoms with E-state index >= 15 is 0 Å². The number of halogens is 1. The van der Waals surface area contributed by atoms with E-state index in [1.165, 1.54) is 12.3 Å². The van der Waals surface area contributed by atoms with E-state index in [4.69, 9.17) is 9.15 Å². The highest BCUT2D eigenvalue weighted by molar-refractivity contribution is 5.85. The molecule has 1 aromatic heterocycles. The van der Waals surface area contributed by atoms with Crippen molar-refractivity contribution in [2.45, 2.75) is 6.61 Å². The first kappa shape index (κ1) is 8.87. The molecule has 0 fully saturated rings. The Hall–Kier alpha value is -1.22. The summed E-state index contributed by atoms with van der Waals surface area (Å²) in [7, 11) is 0. The van der Waals surface area contributed by atoms with Crippen LogP contribution in [0.1, 0.15) is 11.3 Å². The van der Waals surface area contributed by atoms with Gasteiger partial charge in [-0.2, -0.15) is 0 Å². The molecule has 0 amide bonds. The van der Waals surface area contributed by atoms with Crippen LogP contribution in [0, 0.1) is 0 Å². The van der Waals surface area contributed by atoms with Crippen LogP contribution in [0.15, 0.2) is 27.6 Å². The average molecular weight is 187 g/mol. The van der Waals surface area contributed by atoms with Crippen molar-refractivity contribution in [3.05, 3.63) is 40.1 Å². The van der Waals surface area contributed by atoms with Crippen LogP contribution in [-0.4, -0.2) is 0 Å². The van der Waals surface area contributed by atoms with Gasteiger partial charge in [-0.3, -0.25) is 0 Å². The lowest BCUT2D eigenvalue weighted by molar-refractivity contribution is 0.228. The van der Waals surface area contributed by atoms with E-state index in [1.54, 1.807) is 12.1 Å². The average Bonchev–Trinajstić information content (AvgIpc) is 2.04. The Balaban J connectivity index is 0.000000720. The van der Waals surface area contributed by atoms with E-state index in [0.717, 1.165) is 5.56 Å². The fourth-order valence-corrected chi connectivity index (χ4v) is 0.967. The van der Waals surface area contributed by atoms with Crippen molar-refractivity contribution in [3.8, 4) is 0 Å². The molecule has 64 valence electrons. The second-order valence-corrected chi connectivity index (χ2v) is 2.26. The molecule has 3 nitrogen and oxygen atoms in total. The first-order valence-corrected chi connectivity index (χ1v) is 3.27. The predicted octanol–water partition coefficient (Wildman–Crippen LogP) is 1.56. The molecule has 0 atom stereocenters. The highest BCUT2D eigenvalue weighted by atomic mass is 35.5. The SMILES string of the molecule is Cl.O=c1ccc2c(o1)C=COC2. The Kier molecular flexibility index (Phi) is 2.55. The summed E-state index contributed by atoms with van der Waals surface area (Å²) in [5, 5.41) is 0. The van der Waals surface area contributed by atoms with E-state index < -0.39 is 0 Å². The molecule has 2 heterocycles. The maximum atomic E-state index is 10.7. The van der Waals surface area contributed by atoms with Crippen LogP contribution in [0.4, 0.5) is 0 Å². The van der Waals surface area contributed by atoms with E-state index in [2.05, 4.69) is 0 Å². The first-order chi connectivity index (χ1) is 5.36. The van der Waals surface area contributed by atoms with E-state index in [-0.39, 0.29) is 18.0 Å². The third-order valence-electron chi connectivity index (χ3n) is 1.50. The van der Waals surface area contributed by atoms with E-state index in [9.17, 15) is 4.79 Å².